The van der Waals surface area contributed by atoms with Gasteiger partial charge in [-0.05, 0) is 13.0 Å². The SMILES string of the molecule is CCn1c(-n2ncnc2N)nc2cncc(-c3ccoc3)c21. The van der Waals surface area contributed by atoms with E-state index in [0.717, 1.165) is 22.2 Å². The molecule has 0 spiro atoms. The van der Waals surface area contributed by atoms with Crippen molar-refractivity contribution in [3.8, 4) is 17.1 Å². The second kappa shape index (κ2) is 4.69. The summed E-state index contributed by atoms with van der Waals surface area (Å²) in [5.41, 5.74) is 9.49. The Morgan fingerprint density at radius 1 is 1.32 bits per heavy atom. The monoisotopic (exact) mass is 295 g/mol. The van der Waals surface area contributed by atoms with E-state index in [1.54, 1.807) is 24.9 Å². The van der Waals surface area contributed by atoms with Crippen LogP contribution in [0.1, 0.15) is 6.92 Å². The van der Waals surface area contributed by atoms with Crippen LogP contribution in [0.2, 0.25) is 0 Å². The second-order valence-electron chi connectivity index (χ2n) is 4.75. The molecule has 0 atom stereocenters. The van der Waals surface area contributed by atoms with Gasteiger partial charge < -0.3 is 14.7 Å². The number of nitrogen functional groups attached to an aromatic ring is 1. The van der Waals surface area contributed by atoms with Crippen LogP contribution in [0.25, 0.3) is 28.1 Å². The number of aryl methyl sites for hydroxylation is 1. The lowest BCUT2D eigenvalue weighted by Crippen LogP contribution is -2.10. The van der Waals surface area contributed by atoms with E-state index < -0.39 is 0 Å². The first kappa shape index (κ1) is 12.6. The van der Waals surface area contributed by atoms with Gasteiger partial charge in [-0.3, -0.25) is 4.98 Å². The zero-order valence-electron chi connectivity index (χ0n) is 11.8. The Labute approximate surface area is 125 Å². The number of hydrogen-bond acceptors (Lipinski definition) is 6. The molecule has 0 aliphatic heterocycles. The maximum atomic E-state index is 5.86. The molecule has 0 amide bonds. The molecule has 8 heteroatoms. The van der Waals surface area contributed by atoms with Crippen molar-refractivity contribution in [1.29, 1.82) is 0 Å². The standard InChI is InChI=1S/C14H13N7O/c1-2-20-12-10(9-3-4-22-7-9)5-16-6-11(12)19-14(20)21-13(15)17-8-18-21/h3-8H,2H2,1H3,(H2,15,17,18). The highest BCUT2D eigenvalue weighted by Crippen LogP contribution is 2.30. The molecule has 0 radical (unpaired) electrons. The Morgan fingerprint density at radius 2 is 2.23 bits per heavy atom. The molecule has 2 N–H and O–H groups in total. The fourth-order valence-electron chi connectivity index (χ4n) is 2.57. The van der Waals surface area contributed by atoms with E-state index >= 15 is 0 Å². The van der Waals surface area contributed by atoms with E-state index in [-0.39, 0.29) is 0 Å². The summed E-state index contributed by atoms with van der Waals surface area (Å²) in [6.45, 7) is 2.75. The lowest BCUT2D eigenvalue weighted by atomic mass is 10.1. The topological polar surface area (TPSA) is 101 Å². The Bertz CT molecular complexity index is 936. The second-order valence-corrected chi connectivity index (χ2v) is 4.75. The van der Waals surface area contributed by atoms with Crippen LogP contribution in [0, 0.1) is 0 Å². The molecule has 4 heterocycles. The number of nitrogens with two attached hydrogens (primary N) is 1. The van der Waals surface area contributed by atoms with Crippen LogP contribution in [0.5, 0.6) is 0 Å². The number of aromatic nitrogens is 6. The Kier molecular flexibility index (Phi) is 2.68. The summed E-state index contributed by atoms with van der Waals surface area (Å²) in [6, 6.07) is 1.90. The predicted octanol–water partition coefficient (Wildman–Crippen LogP) is 1.87. The van der Waals surface area contributed by atoms with Crippen molar-refractivity contribution in [2.45, 2.75) is 13.5 Å². The average molecular weight is 295 g/mol. The molecule has 4 aromatic rings. The van der Waals surface area contributed by atoms with Gasteiger partial charge in [0.05, 0.1) is 24.2 Å². The molecule has 8 nitrogen and oxygen atoms in total. The molecular formula is C14H13N7O. The number of imidazole rings is 1. The number of anilines is 1. The third-order valence-corrected chi connectivity index (χ3v) is 3.54. The Balaban J connectivity index is 2.06. The fraction of sp³-hybridized carbons (Fsp3) is 0.143. The summed E-state index contributed by atoms with van der Waals surface area (Å²) in [5, 5.41) is 4.14. The van der Waals surface area contributed by atoms with E-state index in [1.165, 1.54) is 11.0 Å². The summed E-state index contributed by atoms with van der Waals surface area (Å²) in [6.07, 6.45) is 8.26. The molecule has 0 aliphatic rings. The fourth-order valence-corrected chi connectivity index (χ4v) is 2.57. The number of fused-ring (bicyclic) bond motifs is 1. The smallest absolute Gasteiger partial charge is 0.235 e. The zero-order valence-corrected chi connectivity index (χ0v) is 11.8. The molecule has 0 aromatic carbocycles. The van der Waals surface area contributed by atoms with E-state index in [1.807, 2.05) is 17.6 Å². The molecule has 0 fully saturated rings. The van der Waals surface area contributed by atoms with Gasteiger partial charge in [-0.25, -0.2) is 4.98 Å². The Hall–Kier alpha value is -3.16. The number of nitrogens with zero attached hydrogens (tertiary/aromatic N) is 6. The van der Waals surface area contributed by atoms with Crippen LogP contribution in [-0.2, 0) is 6.54 Å². The summed E-state index contributed by atoms with van der Waals surface area (Å²) >= 11 is 0. The first-order valence-corrected chi connectivity index (χ1v) is 6.82. The Morgan fingerprint density at radius 3 is 2.91 bits per heavy atom. The minimum atomic E-state index is 0.294. The van der Waals surface area contributed by atoms with E-state index in [9.17, 15) is 0 Å². The third-order valence-electron chi connectivity index (χ3n) is 3.54. The van der Waals surface area contributed by atoms with Crippen molar-refractivity contribution in [2.24, 2.45) is 0 Å². The lowest BCUT2D eigenvalue weighted by Gasteiger charge is -2.08. The van der Waals surface area contributed by atoms with Gasteiger partial charge in [0.15, 0.2) is 0 Å². The molecule has 4 rings (SSSR count). The molecule has 0 aliphatic carbocycles. The molecule has 0 saturated heterocycles. The van der Waals surface area contributed by atoms with Crippen molar-refractivity contribution in [2.75, 3.05) is 5.73 Å². The number of hydrogen-bond donors (Lipinski definition) is 1. The first-order chi connectivity index (χ1) is 10.8. The van der Waals surface area contributed by atoms with Crippen LogP contribution < -0.4 is 5.73 Å². The van der Waals surface area contributed by atoms with Crippen molar-refractivity contribution in [3.63, 3.8) is 0 Å². The quantitative estimate of drug-likeness (QED) is 0.619. The van der Waals surface area contributed by atoms with Crippen LogP contribution in [0.3, 0.4) is 0 Å². The van der Waals surface area contributed by atoms with Gasteiger partial charge >= 0.3 is 0 Å². The van der Waals surface area contributed by atoms with Gasteiger partial charge in [0.1, 0.15) is 11.8 Å². The summed E-state index contributed by atoms with van der Waals surface area (Å²) in [5.74, 6) is 0.910. The van der Waals surface area contributed by atoms with Crippen molar-refractivity contribution in [3.05, 3.63) is 37.3 Å². The molecule has 4 aromatic heterocycles. The van der Waals surface area contributed by atoms with Gasteiger partial charge in [-0.1, -0.05) is 0 Å². The van der Waals surface area contributed by atoms with Crippen molar-refractivity contribution in [1.82, 2.24) is 29.3 Å². The maximum absolute atomic E-state index is 5.86. The third kappa shape index (κ3) is 1.70. The van der Waals surface area contributed by atoms with Crippen LogP contribution in [0.4, 0.5) is 5.95 Å². The molecule has 0 bridgehead atoms. The first-order valence-electron chi connectivity index (χ1n) is 6.82. The average Bonchev–Trinajstić information content (AvgIpc) is 3.25. The summed E-state index contributed by atoms with van der Waals surface area (Å²) < 4.78 is 8.73. The lowest BCUT2D eigenvalue weighted by molar-refractivity contribution is 0.568. The minimum absolute atomic E-state index is 0.294. The normalized spacial score (nSPS) is 11.3. The zero-order chi connectivity index (χ0) is 15.1. The maximum Gasteiger partial charge on any atom is 0.235 e. The van der Waals surface area contributed by atoms with Gasteiger partial charge in [-0.2, -0.15) is 14.8 Å². The van der Waals surface area contributed by atoms with E-state index in [0.29, 0.717) is 18.4 Å². The van der Waals surface area contributed by atoms with Crippen LogP contribution in [0.15, 0.2) is 41.7 Å². The number of rotatable bonds is 3. The molecule has 0 saturated carbocycles. The van der Waals surface area contributed by atoms with Crippen LogP contribution >= 0.6 is 0 Å². The highest BCUT2D eigenvalue weighted by molar-refractivity contribution is 5.92. The van der Waals surface area contributed by atoms with Gasteiger partial charge in [-0.15, -0.1) is 0 Å². The van der Waals surface area contributed by atoms with Gasteiger partial charge in [0.25, 0.3) is 0 Å². The van der Waals surface area contributed by atoms with Gasteiger partial charge in [0.2, 0.25) is 11.9 Å². The highest BCUT2D eigenvalue weighted by atomic mass is 16.3. The molecule has 22 heavy (non-hydrogen) atoms. The largest absolute Gasteiger partial charge is 0.472 e. The van der Waals surface area contributed by atoms with E-state index in [2.05, 4.69) is 20.1 Å². The summed E-state index contributed by atoms with van der Waals surface area (Å²) in [7, 11) is 0. The number of pyridine rings is 1. The van der Waals surface area contributed by atoms with Crippen molar-refractivity contribution < 1.29 is 4.42 Å². The number of furan rings is 1. The van der Waals surface area contributed by atoms with Crippen molar-refractivity contribution >= 4 is 17.0 Å². The molecular weight excluding hydrogens is 282 g/mol. The molecule has 110 valence electrons. The van der Waals surface area contributed by atoms with E-state index in [4.69, 9.17) is 10.2 Å². The predicted molar refractivity (Wildman–Crippen MR) is 80.2 cm³/mol. The van der Waals surface area contributed by atoms with Crippen LogP contribution in [-0.4, -0.2) is 29.3 Å². The highest BCUT2D eigenvalue weighted by Gasteiger charge is 2.18. The van der Waals surface area contributed by atoms with Gasteiger partial charge in [0, 0.05) is 23.9 Å². The minimum Gasteiger partial charge on any atom is -0.472 e. The molecule has 0 unspecified atom stereocenters. The summed E-state index contributed by atoms with van der Waals surface area (Å²) in [4.78, 5) is 12.8.